The Labute approximate surface area is 72.2 Å². The molecule has 0 aliphatic carbocycles. The van der Waals surface area contributed by atoms with Crippen molar-refractivity contribution in [1.29, 1.82) is 5.26 Å². The molecule has 0 aliphatic heterocycles. The van der Waals surface area contributed by atoms with Crippen molar-refractivity contribution in [3.63, 3.8) is 0 Å². The summed E-state index contributed by atoms with van der Waals surface area (Å²) in [5.41, 5.74) is 3.22. The predicted molar refractivity (Wildman–Crippen MR) is 48.5 cm³/mol. The van der Waals surface area contributed by atoms with E-state index in [1.165, 1.54) is 0 Å². The summed E-state index contributed by atoms with van der Waals surface area (Å²) in [5, 5.41) is 8.75. The molecule has 0 aliphatic rings. The van der Waals surface area contributed by atoms with E-state index in [0.29, 0.717) is 5.56 Å². The molecule has 0 unspecified atom stereocenters. The molecule has 1 rings (SSSR count). The monoisotopic (exact) mass is 158 g/mol. The van der Waals surface area contributed by atoms with E-state index < -0.39 is 0 Å². The van der Waals surface area contributed by atoms with Crippen LogP contribution in [0.4, 0.5) is 0 Å². The zero-order valence-corrected chi connectivity index (χ0v) is 7.26. The SMILES string of the molecule is C=Cc1cc(C)c(C#N)c(C)n1. The normalized spacial score (nSPS) is 9.08. The van der Waals surface area contributed by atoms with Gasteiger partial charge in [-0.1, -0.05) is 6.58 Å². The lowest BCUT2D eigenvalue weighted by atomic mass is 10.1. The number of aryl methyl sites for hydroxylation is 2. The van der Waals surface area contributed by atoms with E-state index in [9.17, 15) is 0 Å². The van der Waals surface area contributed by atoms with Crippen LogP contribution in [0.3, 0.4) is 0 Å². The van der Waals surface area contributed by atoms with Crippen LogP contribution in [0.1, 0.15) is 22.5 Å². The van der Waals surface area contributed by atoms with Gasteiger partial charge >= 0.3 is 0 Å². The number of nitriles is 1. The van der Waals surface area contributed by atoms with E-state index in [2.05, 4.69) is 17.6 Å². The van der Waals surface area contributed by atoms with Crippen molar-refractivity contribution < 1.29 is 0 Å². The van der Waals surface area contributed by atoms with Crippen molar-refractivity contribution in [2.24, 2.45) is 0 Å². The first-order valence-corrected chi connectivity index (χ1v) is 3.70. The van der Waals surface area contributed by atoms with Gasteiger partial charge in [-0.2, -0.15) is 5.26 Å². The molecule has 0 spiro atoms. The van der Waals surface area contributed by atoms with Gasteiger partial charge in [-0.15, -0.1) is 0 Å². The Morgan fingerprint density at radius 2 is 2.25 bits per heavy atom. The summed E-state index contributed by atoms with van der Waals surface area (Å²) in [6.45, 7) is 7.36. The highest BCUT2D eigenvalue weighted by molar-refractivity contribution is 5.49. The fourth-order valence-electron chi connectivity index (χ4n) is 1.13. The lowest BCUT2D eigenvalue weighted by Crippen LogP contribution is -1.94. The molecule has 0 amide bonds. The quantitative estimate of drug-likeness (QED) is 0.628. The fraction of sp³-hybridized carbons (Fsp3) is 0.200. The highest BCUT2D eigenvalue weighted by Gasteiger charge is 2.03. The Hall–Kier alpha value is -1.62. The number of nitrogens with zero attached hydrogens (tertiary/aromatic N) is 2. The largest absolute Gasteiger partial charge is 0.252 e. The molecular formula is C10H10N2. The van der Waals surface area contributed by atoms with Gasteiger partial charge < -0.3 is 0 Å². The number of pyridine rings is 1. The first-order chi connectivity index (χ1) is 5.69. The van der Waals surface area contributed by atoms with E-state index in [4.69, 9.17) is 5.26 Å². The fourth-order valence-corrected chi connectivity index (χ4v) is 1.13. The van der Waals surface area contributed by atoms with Crippen molar-refractivity contribution in [2.75, 3.05) is 0 Å². The van der Waals surface area contributed by atoms with Gasteiger partial charge in [0.1, 0.15) is 6.07 Å². The van der Waals surface area contributed by atoms with Crippen molar-refractivity contribution in [1.82, 2.24) is 4.98 Å². The topological polar surface area (TPSA) is 36.7 Å². The number of aromatic nitrogens is 1. The molecule has 1 heterocycles. The molecule has 2 heteroatoms. The van der Waals surface area contributed by atoms with Crippen LogP contribution in [-0.4, -0.2) is 4.98 Å². The summed E-state index contributed by atoms with van der Waals surface area (Å²) >= 11 is 0. The molecule has 0 radical (unpaired) electrons. The van der Waals surface area contributed by atoms with Crippen molar-refractivity contribution in [2.45, 2.75) is 13.8 Å². The van der Waals surface area contributed by atoms with Crippen molar-refractivity contribution in [3.8, 4) is 6.07 Å². The van der Waals surface area contributed by atoms with Crippen LogP contribution in [0.25, 0.3) is 6.08 Å². The highest BCUT2D eigenvalue weighted by atomic mass is 14.7. The molecule has 0 N–H and O–H groups in total. The second-order valence-corrected chi connectivity index (χ2v) is 2.64. The van der Waals surface area contributed by atoms with Gasteiger partial charge in [-0.25, -0.2) is 0 Å². The molecule has 60 valence electrons. The van der Waals surface area contributed by atoms with Crippen LogP contribution >= 0.6 is 0 Å². The minimum atomic E-state index is 0.667. The second-order valence-electron chi connectivity index (χ2n) is 2.64. The molecular weight excluding hydrogens is 148 g/mol. The van der Waals surface area contributed by atoms with Crippen LogP contribution in [0.2, 0.25) is 0 Å². The first-order valence-electron chi connectivity index (χ1n) is 3.70. The van der Waals surface area contributed by atoms with E-state index in [0.717, 1.165) is 17.0 Å². The maximum atomic E-state index is 8.75. The zero-order valence-electron chi connectivity index (χ0n) is 7.26. The summed E-state index contributed by atoms with van der Waals surface area (Å²) in [5.74, 6) is 0. The van der Waals surface area contributed by atoms with Crippen LogP contribution < -0.4 is 0 Å². The van der Waals surface area contributed by atoms with Gasteiger partial charge in [-0.05, 0) is 31.6 Å². The second kappa shape index (κ2) is 3.19. The Morgan fingerprint density at radius 3 is 2.67 bits per heavy atom. The highest BCUT2D eigenvalue weighted by Crippen LogP contribution is 2.12. The summed E-state index contributed by atoms with van der Waals surface area (Å²) in [4.78, 5) is 4.18. The van der Waals surface area contributed by atoms with E-state index in [-0.39, 0.29) is 0 Å². The Balaban J connectivity index is 3.39. The Kier molecular flexibility index (Phi) is 2.25. The Bertz CT molecular complexity index is 336. The minimum Gasteiger partial charge on any atom is -0.252 e. The first kappa shape index (κ1) is 8.48. The van der Waals surface area contributed by atoms with Gasteiger partial charge in [0.2, 0.25) is 0 Å². The summed E-state index contributed by atoms with van der Waals surface area (Å²) in [6.07, 6.45) is 1.68. The van der Waals surface area contributed by atoms with Crippen LogP contribution in [0.15, 0.2) is 12.6 Å². The third kappa shape index (κ3) is 1.35. The van der Waals surface area contributed by atoms with Crippen molar-refractivity contribution >= 4 is 6.08 Å². The van der Waals surface area contributed by atoms with Gasteiger partial charge in [-0.3, -0.25) is 4.98 Å². The van der Waals surface area contributed by atoms with E-state index in [1.807, 2.05) is 19.9 Å². The molecule has 0 atom stereocenters. The molecule has 2 nitrogen and oxygen atoms in total. The minimum absolute atomic E-state index is 0.667. The van der Waals surface area contributed by atoms with Gasteiger partial charge in [0.15, 0.2) is 0 Å². The summed E-state index contributed by atoms with van der Waals surface area (Å²) in [7, 11) is 0. The van der Waals surface area contributed by atoms with Crippen LogP contribution in [0, 0.1) is 25.2 Å². The summed E-state index contributed by atoms with van der Waals surface area (Å²) in [6, 6.07) is 3.98. The number of hydrogen-bond acceptors (Lipinski definition) is 2. The molecule has 1 aromatic heterocycles. The predicted octanol–water partition coefficient (Wildman–Crippen LogP) is 2.21. The average Bonchev–Trinajstić information content (AvgIpc) is 2.03. The van der Waals surface area contributed by atoms with Crippen LogP contribution in [-0.2, 0) is 0 Å². The third-order valence-corrected chi connectivity index (χ3v) is 1.74. The lowest BCUT2D eigenvalue weighted by Gasteiger charge is -2.02. The zero-order chi connectivity index (χ0) is 9.14. The maximum absolute atomic E-state index is 8.75. The standard InChI is InChI=1S/C10H10N2/c1-4-9-5-7(2)10(6-11)8(3)12-9/h4-5H,1H2,2-3H3. The molecule has 12 heavy (non-hydrogen) atoms. The molecule has 0 fully saturated rings. The molecule has 0 saturated carbocycles. The molecule has 0 aromatic carbocycles. The van der Waals surface area contributed by atoms with Gasteiger partial charge in [0, 0.05) is 0 Å². The lowest BCUT2D eigenvalue weighted by molar-refractivity contribution is 1.14. The smallest absolute Gasteiger partial charge is 0.101 e. The molecule has 0 saturated heterocycles. The average molecular weight is 158 g/mol. The Morgan fingerprint density at radius 1 is 1.58 bits per heavy atom. The third-order valence-electron chi connectivity index (χ3n) is 1.74. The van der Waals surface area contributed by atoms with Gasteiger partial charge in [0.05, 0.1) is 17.0 Å². The van der Waals surface area contributed by atoms with Crippen molar-refractivity contribution in [3.05, 3.63) is 35.2 Å². The summed E-state index contributed by atoms with van der Waals surface area (Å²) < 4.78 is 0. The number of rotatable bonds is 1. The van der Waals surface area contributed by atoms with Gasteiger partial charge in [0.25, 0.3) is 0 Å². The van der Waals surface area contributed by atoms with Crippen LogP contribution in [0.5, 0.6) is 0 Å². The maximum Gasteiger partial charge on any atom is 0.101 e. The number of hydrogen-bond donors (Lipinski definition) is 0. The molecule has 0 bridgehead atoms. The van der Waals surface area contributed by atoms with E-state index in [1.54, 1.807) is 6.08 Å². The molecule has 1 aromatic rings. The van der Waals surface area contributed by atoms with E-state index >= 15 is 0 Å².